The summed E-state index contributed by atoms with van der Waals surface area (Å²) in [5, 5.41) is 0. The minimum Gasteiger partial charge on any atom is -0.379 e. The molecule has 2 aliphatic heterocycles. The molecule has 3 heterocycles. The molecule has 0 atom stereocenters. The van der Waals surface area contributed by atoms with Crippen molar-refractivity contribution in [2.75, 3.05) is 37.7 Å². The molecule has 8 heteroatoms. The van der Waals surface area contributed by atoms with Crippen LogP contribution >= 0.6 is 0 Å². The van der Waals surface area contributed by atoms with Crippen LogP contribution in [0.2, 0.25) is 0 Å². The molecule has 0 radical (unpaired) electrons. The van der Waals surface area contributed by atoms with Crippen molar-refractivity contribution in [2.24, 2.45) is 7.05 Å². The van der Waals surface area contributed by atoms with Gasteiger partial charge in [0.15, 0.2) is 0 Å². The number of ether oxygens (including phenoxy) is 1. The third-order valence-electron chi connectivity index (χ3n) is 5.16. The molecule has 1 amide bonds. The second kappa shape index (κ2) is 7.10. The number of benzene rings is 1. The summed E-state index contributed by atoms with van der Waals surface area (Å²) < 4.78 is 34.0. The van der Waals surface area contributed by atoms with Crippen molar-refractivity contribution in [1.82, 2.24) is 8.87 Å². The van der Waals surface area contributed by atoms with Gasteiger partial charge >= 0.3 is 0 Å². The SMILES string of the molecule is Cn1cc(S(=O)(=O)N2CCOCC2)cc1C(=O)N1CCCc2ccccc21. The zero-order chi connectivity index (χ0) is 19.0. The molecule has 0 bridgehead atoms. The average Bonchev–Trinajstić information content (AvgIpc) is 3.10. The maximum Gasteiger partial charge on any atom is 0.274 e. The van der Waals surface area contributed by atoms with E-state index in [2.05, 4.69) is 0 Å². The Morgan fingerprint density at radius 3 is 2.63 bits per heavy atom. The summed E-state index contributed by atoms with van der Waals surface area (Å²) in [6.45, 7) is 2.08. The molecule has 0 unspecified atom stereocenters. The molecule has 2 aromatic rings. The second-order valence-electron chi connectivity index (χ2n) is 6.88. The van der Waals surface area contributed by atoms with Crippen molar-refractivity contribution in [3.05, 3.63) is 47.8 Å². The Morgan fingerprint density at radius 1 is 1.11 bits per heavy atom. The van der Waals surface area contributed by atoms with E-state index in [-0.39, 0.29) is 10.8 Å². The topological polar surface area (TPSA) is 71.9 Å². The minimum absolute atomic E-state index is 0.153. The van der Waals surface area contributed by atoms with E-state index < -0.39 is 10.0 Å². The lowest BCUT2D eigenvalue weighted by molar-refractivity contribution is 0.0730. The Hall–Kier alpha value is -2.16. The molecule has 2 aliphatic rings. The summed E-state index contributed by atoms with van der Waals surface area (Å²) in [6, 6.07) is 9.37. The molecule has 144 valence electrons. The molecule has 7 nitrogen and oxygen atoms in total. The number of aryl methyl sites for hydroxylation is 2. The van der Waals surface area contributed by atoms with Crippen molar-refractivity contribution >= 4 is 21.6 Å². The number of hydrogen-bond donors (Lipinski definition) is 0. The first kappa shape index (κ1) is 18.2. The normalized spacial score (nSPS) is 18.3. The van der Waals surface area contributed by atoms with Gasteiger partial charge in [-0.3, -0.25) is 4.79 Å². The van der Waals surface area contributed by atoms with Gasteiger partial charge in [0.25, 0.3) is 5.91 Å². The molecule has 4 rings (SSSR count). The lowest BCUT2D eigenvalue weighted by Gasteiger charge is -2.29. The molecule has 1 fully saturated rings. The molecular weight excluding hydrogens is 366 g/mol. The summed E-state index contributed by atoms with van der Waals surface area (Å²) in [5.41, 5.74) is 2.43. The van der Waals surface area contributed by atoms with Crippen LogP contribution in [0.1, 0.15) is 22.5 Å². The monoisotopic (exact) mass is 389 g/mol. The number of hydrogen-bond acceptors (Lipinski definition) is 4. The number of carbonyl (C=O) groups is 1. The number of sulfonamides is 1. The van der Waals surface area contributed by atoms with E-state index in [0.29, 0.717) is 38.5 Å². The summed E-state index contributed by atoms with van der Waals surface area (Å²) in [7, 11) is -1.92. The molecule has 0 spiro atoms. The molecule has 0 N–H and O–H groups in total. The first-order valence-electron chi connectivity index (χ1n) is 9.12. The zero-order valence-corrected chi connectivity index (χ0v) is 16.1. The Balaban J connectivity index is 1.65. The fraction of sp³-hybridized carbons (Fsp3) is 0.421. The van der Waals surface area contributed by atoms with Crippen molar-refractivity contribution in [2.45, 2.75) is 17.7 Å². The van der Waals surface area contributed by atoms with Gasteiger partial charge in [-0.2, -0.15) is 4.31 Å². The van der Waals surface area contributed by atoms with E-state index in [9.17, 15) is 13.2 Å². The Kier molecular flexibility index (Phi) is 4.79. The number of para-hydroxylation sites is 1. The first-order valence-corrected chi connectivity index (χ1v) is 10.6. The van der Waals surface area contributed by atoms with Crippen molar-refractivity contribution in [3.8, 4) is 0 Å². The van der Waals surface area contributed by atoms with Gasteiger partial charge in [0, 0.05) is 38.6 Å². The fourth-order valence-electron chi connectivity index (χ4n) is 3.71. The molecule has 0 aliphatic carbocycles. The average molecular weight is 389 g/mol. The van der Waals surface area contributed by atoms with Gasteiger partial charge in [-0.05, 0) is 30.5 Å². The van der Waals surface area contributed by atoms with E-state index in [4.69, 9.17) is 4.74 Å². The molecule has 1 aromatic carbocycles. The van der Waals surface area contributed by atoms with Gasteiger partial charge in [-0.1, -0.05) is 18.2 Å². The number of anilines is 1. The molecule has 1 aromatic heterocycles. The van der Waals surface area contributed by atoms with E-state index in [1.165, 1.54) is 16.6 Å². The maximum atomic E-state index is 13.2. The van der Waals surface area contributed by atoms with Crippen molar-refractivity contribution in [3.63, 3.8) is 0 Å². The van der Waals surface area contributed by atoms with E-state index in [1.807, 2.05) is 24.3 Å². The summed E-state index contributed by atoms with van der Waals surface area (Å²) in [5.74, 6) is -0.173. The second-order valence-corrected chi connectivity index (χ2v) is 8.82. The van der Waals surface area contributed by atoms with Crippen LogP contribution in [0, 0.1) is 0 Å². The quantitative estimate of drug-likeness (QED) is 0.800. The van der Waals surface area contributed by atoms with Crippen LogP contribution in [0.3, 0.4) is 0 Å². The number of fused-ring (bicyclic) bond motifs is 1. The molecule has 27 heavy (non-hydrogen) atoms. The van der Waals surface area contributed by atoms with Crippen LogP contribution in [0.5, 0.6) is 0 Å². The minimum atomic E-state index is -3.63. The largest absolute Gasteiger partial charge is 0.379 e. The molecule has 1 saturated heterocycles. The van der Waals surface area contributed by atoms with Gasteiger partial charge in [0.2, 0.25) is 10.0 Å². The number of morpholine rings is 1. The zero-order valence-electron chi connectivity index (χ0n) is 15.3. The molecule has 0 saturated carbocycles. The highest BCUT2D eigenvalue weighted by Gasteiger charge is 2.31. The number of amides is 1. The summed E-state index contributed by atoms with van der Waals surface area (Å²) in [4.78, 5) is 15.1. The maximum absolute atomic E-state index is 13.2. The van der Waals surface area contributed by atoms with E-state index in [1.54, 1.807) is 16.5 Å². The first-order chi connectivity index (χ1) is 13.0. The predicted octanol–water partition coefficient (Wildman–Crippen LogP) is 1.64. The van der Waals surface area contributed by atoms with Crippen LogP contribution in [0.25, 0.3) is 0 Å². The highest BCUT2D eigenvalue weighted by molar-refractivity contribution is 7.89. The fourth-order valence-corrected chi connectivity index (χ4v) is 5.19. The number of nitrogens with zero attached hydrogens (tertiary/aromatic N) is 3. The van der Waals surface area contributed by atoms with Gasteiger partial charge in [0.05, 0.1) is 13.2 Å². The van der Waals surface area contributed by atoms with Crippen molar-refractivity contribution in [1.29, 1.82) is 0 Å². The predicted molar refractivity (Wildman–Crippen MR) is 101 cm³/mol. The summed E-state index contributed by atoms with van der Waals surface area (Å²) in [6.07, 6.45) is 3.36. The standard InChI is InChI=1S/C19H23N3O4S/c1-20-14-16(27(24,25)21-9-11-26-12-10-21)13-18(20)19(23)22-8-4-6-15-5-2-3-7-17(15)22/h2-3,5,7,13-14H,4,6,8-12H2,1H3. The summed E-state index contributed by atoms with van der Waals surface area (Å²) >= 11 is 0. The molecular formula is C19H23N3O4S. The third-order valence-corrected chi connectivity index (χ3v) is 7.03. The lowest BCUT2D eigenvalue weighted by atomic mass is 10.0. The Bertz CT molecular complexity index is 961. The van der Waals surface area contributed by atoms with Gasteiger partial charge < -0.3 is 14.2 Å². The van der Waals surface area contributed by atoms with E-state index in [0.717, 1.165) is 24.1 Å². The Labute approximate surface area is 159 Å². The van der Waals surface area contributed by atoms with Crippen LogP contribution in [0.15, 0.2) is 41.4 Å². The van der Waals surface area contributed by atoms with Crippen LogP contribution in [0.4, 0.5) is 5.69 Å². The number of rotatable bonds is 3. The number of carbonyl (C=O) groups excluding carboxylic acids is 1. The Morgan fingerprint density at radius 2 is 1.85 bits per heavy atom. The highest BCUT2D eigenvalue weighted by atomic mass is 32.2. The number of aromatic nitrogens is 1. The van der Waals surface area contributed by atoms with Crippen LogP contribution < -0.4 is 4.90 Å². The third kappa shape index (κ3) is 3.28. The van der Waals surface area contributed by atoms with Crippen LogP contribution in [-0.4, -0.2) is 56.0 Å². The van der Waals surface area contributed by atoms with Gasteiger partial charge in [-0.25, -0.2) is 8.42 Å². The van der Waals surface area contributed by atoms with E-state index >= 15 is 0 Å². The van der Waals surface area contributed by atoms with Gasteiger partial charge in [0.1, 0.15) is 10.6 Å². The van der Waals surface area contributed by atoms with Gasteiger partial charge in [-0.15, -0.1) is 0 Å². The van der Waals surface area contributed by atoms with Crippen LogP contribution in [-0.2, 0) is 28.2 Å². The highest BCUT2D eigenvalue weighted by Crippen LogP contribution is 2.29. The smallest absolute Gasteiger partial charge is 0.274 e. The lowest BCUT2D eigenvalue weighted by Crippen LogP contribution is -2.40. The van der Waals surface area contributed by atoms with Crippen molar-refractivity contribution < 1.29 is 17.9 Å².